The van der Waals surface area contributed by atoms with Crippen LogP contribution in [0.15, 0.2) is 34.9 Å². The van der Waals surface area contributed by atoms with E-state index in [0.29, 0.717) is 6.04 Å². The molecule has 0 amide bonds. The molecule has 1 saturated carbocycles. The molecule has 3 nitrogen and oxygen atoms in total. The first-order valence-electron chi connectivity index (χ1n) is 6.25. The van der Waals surface area contributed by atoms with Crippen molar-refractivity contribution in [3.63, 3.8) is 0 Å². The molecule has 0 saturated heterocycles. The Kier molecular flexibility index (Phi) is 2.90. The van der Waals surface area contributed by atoms with E-state index in [1.165, 1.54) is 12.8 Å². The van der Waals surface area contributed by atoms with Gasteiger partial charge < -0.3 is 5.73 Å². The summed E-state index contributed by atoms with van der Waals surface area (Å²) in [5.41, 5.74) is 8.77. The fourth-order valence-corrected chi connectivity index (χ4v) is 2.67. The molecule has 2 aromatic rings. The van der Waals surface area contributed by atoms with E-state index in [0.717, 1.165) is 27.3 Å². The zero-order chi connectivity index (χ0) is 12.7. The predicted octanol–water partition coefficient (Wildman–Crippen LogP) is 3.87. The lowest BCUT2D eigenvalue weighted by molar-refractivity contribution is 0.441. The Morgan fingerprint density at radius 1 is 1.44 bits per heavy atom. The van der Waals surface area contributed by atoms with Crippen LogP contribution in [0, 0.1) is 5.92 Å². The number of nitrogen functional groups attached to an aromatic ring is 1. The van der Waals surface area contributed by atoms with Crippen molar-refractivity contribution in [2.24, 2.45) is 5.92 Å². The highest BCUT2D eigenvalue weighted by molar-refractivity contribution is 9.10. The van der Waals surface area contributed by atoms with Gasteiger partial charge in [-0.15, -0.1) is 0 Å². The second-order valence-corrected chi connectivity index (χ2v) is 5.92. The molecule has 0 spiro atoms. The molecule has 1 aliphatic rings. The molecule has 0 aliphatic heterocycles. The fraction of sp³-hybridized carbons (Fsp3) is 0.357. The number of halogens is 1. The summed E-state index contributed by atoms with van der Waals surface area (Å²) >= 11 is 3.48. The van der Waals surface area contributed by atoms with Crippen molar-refractivity contribution in [1.29, 1.82) is 0 Å². The standard InChI is InChI=1S/C14H16BrN3/c1-9(10-5-6-10)18-8-13(16)14(17-18)11-3-2-4-12(15)7-11/h2-4,7-10H,5-6,16H2,1H3. The van der Waals surface area contributed by atoms with Gasteiger partial charge in [-0.2, -0.15) is 5.10 Å². The van der Waals surface area contributed by atoms with E-state index >= 15 is 0 Å². The van der Waals surface area contributed by atoms with Gasteiger partial charge in [0.25, 0.3) is 0 Å². The Morgan fingerprint density at radius 2 is 2.22 bits per heavy atom. The number of benzene rings is 1. The monoisotopic (exact) mass is 305 g/mol. The molecule has 4 heteroatoms. The van der Waals surface area contributed by atoms with Crippen molar-refractivity contribution in [2.45, 2.75) is 25.8 Å². The fourth-order valence-electron chi connectivity index (χ4n) is 2.27. The zero-order valence-electron chi connectivity index (χ0n) is 10.3. The zero-order valence-corrected chi connectivity index (χ0v) is 11.9. The lowest BCUT2D eigenvalue weighted by Crippen LogP contribution is -2.07. The van der Waals surface area contributed by atoms with Crippen LogP contribution in [-0.4, -0.2) is 9.78 Å². The van der Waals surface area contributed by atoms with Gasteiger partial charge in [-0.05, 0) is 37.8 Å². The van der Waals surface area contributed by atoms with E-state index in [2.05, 4.69) is 28.0 Å². The topological polar surface area (TPSA) is 43.8 Å². The molecule has 2 N–H and O–H groups in total. The van der Waals surface area contributed by atoms with Crippen LogP contribution in [0.4, 0.5) is 5.69 Å². The van der Waals surface area contributed by atoms with Gasteiger partial charge in [0.2, 0.25) is 0 Å². The molecule has 0 radical (unpaired) electrons. The maximum Gasteiger partial charge on any atom is 0.115 e. The van der Waals surface area contributed by atoms with Crippen LogP contribution in [0.5, 0.6) is 0 Å². The number of nitrogens with zero attached hydrogens (tertiary/aromatic N) is 2. The quantitative estimate of drug-likeness (QED) is 0.935. The summed E-state index contributed by atoms with van der Waals surface area (Å²) in [4.78, 5) is 0. The summed E-state index contributed by atoms with van der Waals surface area (Å²) in [5, 5.41) is 4.65. The molecular weight excluding hydrogens is 290 g/mol. The number of hydrogen-bond acceptors (Lipinski definition) is 2. The van der Waals surface area contributed by atoms with Gasteiger partial charge in [0.05, 0.1) is 11.7 Å². The Bertz CT molecular complexity index is 572. The maximum absolute atomic E-state index is 6.08. The summed E-state index contributed by atoms with van der Waals surface area (Å²) in [7, 11) is 0. The highest BCUT2D eigenvalue weighted by Gasteiger charge is 2.30. The molecule has 1 unspecified atom stereocenters. The molecule has 1 aromatic heterocycles. The summed E-state index contributed by atoms with van der Waals surface area (Å²) in [5.74, 6) is 0.777. The molecule has 1 aromatic carbocycles. The SMILES string of the molecule is CC(C1CC1)n1cc(N)c(-c2cccc(Br)c2)n1. The van der Waals surface area contributed by atoms with E-state index < -0.39 is 0 Å². The third-order valence-electron chi connectivity index (χ3n) is 3.58. The van der Waals surface area contributed by atoms with Gasteiger partial charge in [-0.3, -0.25) is 4.68 Å². The third-order valence-corrected chi connectivity index (χ3v) is 4.07. The lowest BCUT2D eigenvalue weighted by atomic mass is 10.1. The summed E-state index contributed by atoms with van der Waals surface area (Å²) in [6.45, 7) is 2.22. The predicted molar refractivity (Wildman–Crippen MR) is 77.2 cm³/mol. The van der Waals surface area contributed by atoms with Crippen LogP contribution in [0.1, 0.15) is 25.8 Å². The largest absolute Gasteiger partial charge is 0.396 e. The van der Waals surface area contributed by atoms with Crippen molar-refractivity contribution < 1.29 is 0 Å². The van der Waals surface area contributed by atoms with Crippen molar-refractivity contribution in [1.82, 2.24) is 9.78 Å². The van der Waals surface area contributed by atoms with Gasteiger partial charge in [0.1, 0.15) is 5.69 Å². The van der Waals surface area contributed by atoms with Gasteiger partial charge in [0.15, 0.2) is 0 Å². The van der Waals surface area contributed by atoms with Crippen molar-refractivity contribution in [3.8, 4) is 11.3 Å². The highest BCUT2D eigenvalue weighted by atomic mass is 79.9. The lowest BCUT2D eigenvalue weighted by Gasteiger charge is -2.09. The van der Waals surface area contributed by atoms with Crippen LogP contribution >= 0.6 is 15.9 Å². The van der Waals surface area contributed by atoms with Crippen molar-refractivity contribution in [3.05, 3.63) is 34.9 Å². The van der Waals surface area contributed by atoms with E-state index in [4.69, 9.17) is 5.73 Å². The van der Waals surface area contributed by atoms with Gasteiger partial charge in [-0.25, -0.2) is 0 Å². The molecule has 94 valence electrons. The van der Waals surface area contributed by atoms with E-state index in [9.17, 15) is 0 Å². The number of aromatic nitrogens is 2. The van der Waals surface area contributed by atoms with Crippen LogP contribution in [0.25, 0.3) is 11.3 Å². The minimum absolute atomic E-state index is 0.452. The minimum atomic E-state index is 0.452. The number of hydrogen-bond donors (Lipinski definition) is 1. The van der Waals surface area contributed by atoms with Gasteiger partial charge in [0, 0.05) is 16.2 Å². The normalized spacial score (nSPS) is 16.8. The van der Waals surface area contributed by atoms with Gasteiger partial charge in [-0.1, -0.05) is 28.1 Å². The maximum atomic E-state index is 6.08. The molecule has 1 heterocycles. The Morgan fingerprint density at radius 3 is 2.89 bits per heavy atom. The summed E-state index contributed by atoms with van der Waals surface area (Å²) in [6, 6.07) is 8.54. The molecular formula is C14H16BrN3. The first-order chi connectivity index (χ1) is 8.65. The average Bonchev–Trinajstić information content (AvgIpc) is 3.11. The summed E-state index contributed by atoms with van der Waals surface area (Å²) < 4.78 is 3.06. The van der Waals surface area contributed by atoms with Gasteiger partial charge >= 0.3 is 0 Å². The first-order valence-corrected chi connectivity index (χ1v) is 7.05. The Balaban J connectivity index is 1.97. The molecule has 18 heavy (non-hydrogen) atoms. The van der Waals surface area contributed by atoms with Crippen LogP contribution in [0.3, 0.4) is 0 Å². The molecule has 1 atom stereocenters. The van der Waals surface area contributed by atoms with Crippen molar-refractivity contribution in [2.75, 3.05) is 5.73 Å². The Labute approximate surface area is 115 Å². The highest BCUT2D eigenvalue weighted by Crippen LogP contribution is 2.40. The Hall–Kier alpha value is -1.29. The third kappa shape index (κ3) is 2.17. The second-order valence-electron chi connectivity index (χ2n) is 5.00. The molecule has 0 bridgehead atoms. The van der Waals surface area contributed by atoms with Crippen molar-refractivity contribution >= 4 is 21.6 Å². The second kappa shape index (κ2) is 4.43. The van der Waals surface area contributed by atoms with E-state index in [1.54, 1.807) is 0 Å². The van der Waals surface area contributed by atoms with E-state index in [-0.39, 0.29) is 0 Å². The number of anilines is 1. The summed E-state index contributed by atoms with van der Waals surface area (Å²) in [6.07, 6.45) is 4.58. The van der Waals surface area contributed by atoms with E-state index in [1.807, 2.05) is 35.1 Å². The molecule has 1 aliphatic carbocycles. The van der Waals surface area contributed by atoms with Crippen LogP contribution in [-0.2, 0) is 0 Å². The smallest absolute Gasteiger partial charge is 0.115 e. The van der Waals surface area contributed by atoms with Crippen LogP contribution in [0.2, 0.25) is 0 Å². The first kappa shape index (κ1) is 11.8. The molecule has 3 rings (SSSR count). The number of rotatable bonds is 3. The molecule has 1 fully saturated rings. The minimum Gasteiger partial charge on any atom is -0.396 e. The average molecular weight is 306 g/mol. The number of nitrogens with two attached hydrogens (primary N) is 1. The van der Waals surface area contributed by atoms with Crippen LogP contribution < -0.4 is 5.73 Å².